The van der Waals surface area contributed by atoms with Gasteiger partial charge in [-0.1, -0.05) is 6.07 Å². The van der Waals surface area contributed by atoms with Crippen molar-refractivity contribution in [2.75, 3.05) is 19.7 Å². The summed E-state index contributed by atoms with van der Waals surface area (Å²) in [4.78, 5) is 34.9. The number of carbonyl (C=O) groups is 2. The van der Waals surface area contributed by atoms with Crippen LogP contribution in [0.2, 0.25) is 0 Å². The molecule has 1 fully saturated rings. The van der Waals surface area contributed by atoms with Crippen LogP contribution in [-0.4, -0.2) is 52.6 Å². The van der Waals surface area contributed by atoms with Crippen molar-refractivity contribution in [2.24, 2.45) is 0 Å². The quantitative estimate of drug-likeness (QED) is 0.653. The number of carboxylic acid groups (broad SMARTS) is 1. The number of carbonyl (C=O) groups excluding carboxylic acids is 1. The minimum absolute atomic E-state index is 0.0731. The lowest BCUT2D eigenvalue weighted by molar-refractivity contribution is -0.384. The molecular formula is C13H14N2O6. The molecule has 8 nitrogen and oxygen atoms in total. The second kappa shape index (κ2) is 5.88. The van der Waals surface area contributed by atoms with E-state index in [-0.39, 0.29) is 30.9 Å². The lowest BCUT2D eigenvalue weighted by Crippen LogP contribution is -2.48. The lowest BCUT2D eigenvalue weighted by Gasteiger charge is -2.31. The van der Waals surface area contributed by atoms with Crippen LogP contribution in [0.15, 0.2) is 18.2 Å². The Morgan fingerprint density at radius 2 is 2.19 bits per heavy atom. The number of nitro benzene ring substituents is 1. The molecule has 1 aliphatic heterocycles. The van der Waals surface area contributed by atoms with Crippen molar-refractivity contribution >= 4 is 17.6 Å². The number of nitro groups is 1. The number of benzene rings is 1. The van der Waals surface area contributed by atoms with Gasteiger partial charge in [-0.25, -0.2) is 4.79 Å². The van der Waals surface area contributed by atoms with Gasteiger partial charge in [0.2, 0.25) is 0 Å². The van der Waals surface area contributed by atoms with Crippen LogP contribution in [0.1, 0.15) is 15.9 Å². The van der Waals surface area contributed by atoms with Gasteiger partial charge in [-0.2, -0.15) is 0 Å². The predicted octanol–water partition coefficient (Wildman–Crippen LogP) is 0.829. The molecule has 0 aliphatic carbocycles. The molecule has 1 heterocycles. The number of nitrogens with zero attached hydrogens (tertiary/aromatic N) is 2. The second-order valence-corrected chi connectivity index (χ2v) is 4.71. The highest BCUT2D eigenvalue weighted by molar-refractivity contribution is 5.96. The van der Waals surface area contributed by atoms with E-state index in [1.165, 1.54) is 23.1 Å². The summed E-state index contributed by atoms with van der Waals surface area (Å²) >= 11 is 0. The number of amides is 1. The van der Waals surface area contributed by atoms with Crippen LogP contribution in [0.3, 0.4) is 0 Å². The average molecular weight is 294 g/mol. The highest BCUT2D eigenvalue weighted by atomic mass is 16.6. The van der Waals surface area contributed by atoms with Crippen LogP contribution in [0.25, 0.3) is 0 Å². The molecule has 0 radical (unpaired) electrons. The van der Waals surface area contributed by atoms with Crippen molar-refractivity contribution in [1.82, 2.24) is 4.90 Å². The smallest absolute Gasteiger partial charge is 0.334 e. The largest absolute Gasteiger partial charge is 0.479 e. The maximum atomic E-state index is 12.4. The van der Waals surface area contributed by atoms with Crippen molar-refractivity contribution in [3.63, 3.8) is 0 Å². The number of non-ortho nitro benzene ring substituents is 1. The highest BCUT2D eigenvalue weighted by Gasteiger charge is 2.30. The number of hydrogen-bond acceptors (Lipinski definition) is 5. The van der Waals surface area contributed by atoms with Crippen molar-refractivity contribution in [3.05, 3.63) is 39.4 Å². The van der Waals surface area contributed by atoms with Gasteiger partial charge in [0.05, 0.1) is 18.1 Å². The summed E-state index contributed by atoms with van der Waals surface area (Å²) in [6, 6.07) is 4.04. The normalized spacial score (nSPS) is 18.3. The first-order valence-corrected chi connectivity index (χ1v) is 6.29. The molecule has 1 atom stereocenters. The number of aliphatic carboxylic acids is 1. The molecule has 8 heteroatoms. The Labute approximate surface area is 120 Å². The first kappa shape index (κ1) is 14.9. The van der Waals surface area contributed by atoms with Crippen LogP contribution < -0.4 is 0 Å². The van der Waals surface area contributed by atoms with Crippen LogP contribution in [0.4, 0.5) is 5.69 Å². The third-order valence-electron chi connectivity index (χ3n) is 3.29. The molecule has 1 amide bonds. The number of rotatable bonds is 3. The van der Waals surface area contributed by atoms with E-state index in [4.69, 9.17) is 9.84 Å². The maximum absolute atomic E-state index is 12.4. The van der Waals surface area contributed by atoms with Crippen LogP contribution in [0, 0.1) is 17.0 Å². The van der Waals surface area contributed by atoms with Gasteiger partial charge in [0.15, 0.2) is 6.10 Å². The minimum atomic E-state index is -1.14. The summed E-state index contributed by atoms with van der Waals surface area (Å²) < 4.78 is 5.05. The van der Waals surface area contributed by atoms with E-state index in [1.807, 2.05) is 0 Å². The zero-order chi connectivity index (χ0) is 15.6. The summed E-state index contributed by atoms with van der Waals surface area (Å²) in [6.07, 6.45) is -1.07. The molecule has 1 aromatic rings. The number of carboxylic acids is 1. The predicted molar refractivity (Wildman–Crippen MR) is 71.1 cm³/mol. The molecule has 1 saturated heterocycles. The second-order valence-electron chi connectivity index (χ2n) is 4.71. The van der Waals surface area contributed by atoms with E-state index in [9.17, 15) is 19.7 Å². The Morgan fingerprint density at radius 3 is 2.81 bits per heavy atom. The van der Waals surface area contributed by atoms with Gasteiger partial charge < -0.3 is 14.7 Å². The SMILES string of the molecule is Cc1ccc([N+](=O)[O-])cc1C(=O)N1CCOC(C(=O)O)C1. The number of ether oxygens (including phenoxy) is 1. The van der Waals surface area contributed by atoms with Gasteiger partial charge >= 0.3 is 5.97 Å². The molecule has 0 aromatic heterocycles. The monoisotopic (exact) mass is 294 g/mol. The van der Waals surface area contributed by atoms with Gasteiger partial charge in [-0.15, -0.1) is 0 Å². The Bertz CT molecular complexity index is 600. The maximum Gasteiger partial charge on any atom is 0.334 e. The Hall–Kier alpha value is -2.48. The molecule has 0 spiro atoms. The van der Waals surface area contributed by atoms with E-state index in [0.29, 0.717) is 5.56 Å². The molecule has 1 aliphatic rings. The standard InChI is InChI=1S/C13H14N2O6/c1-8-2-3-9(15(19)20)6-10(8)12(16)14-4-5-21-11(7-14)13(17)18/h2-3,6,11H,4-5,7H2,1H3,(H,17,18). The summed E-state index contributed by atoms with van der Waals surface area (Å²) in [7, 11) is 0. The first-order valence-electron chi connectivity index (χ1n) is 6.29. The fourth-order valence-corrected chi connectivity index (χ4v) is 2.11. The lowest BCUT2D eigenvalue weighted by atomic mass is 10.1. The number of aryl methyl sites for hydroxylation is 1. The Morgan fingerprint density at radius 1 is 1.48 bits per heavy atom. The molecule has 0 saturated carbocycles. The number of morpholine rings is 1. The van der Waals surface area contributed by atoms with Gasteiger partial charge in [0.25, 0.3) is 11.6 Å². The molecule has 112 valence electrons. The Kier molecular flexibility index (Phi) is 4.18. The van der Waals surface area contributed by atoms with Gasteiger partial charge in [-0.3, -0.25) is 14.9 Å². The van der Waals surface area contributed by atoms with E-state index >= 15 is 0 Å². The van der Waals surface area contributed by atoms with Crippen LogP contribution in [-0.2, 0) is 9.53 Å². The number of hydrogen-bond donors (Lipinski definition) is 1. The summed E-state index contributed by atoms with van der Waals surface area (Å²) in [6.45, 7) is 1.98. The third-order valence-corrected chi connectivity index (χ3v) is 3.29. The van der Waals surface area contributed by atoms with E-state index in [0.717, 1.165) is 0 Å². The average Bonchev–Trinajstić information content (AvgIpc) is 2.47. The molecule has 1 aromatic carbocycles. The van der Waals surface area contributed by atoms with Crippen LogP contribution >= 0.6 is 0 Å². The fraction of sp³-hybridized carbons (Fsp3) is 0.385. The van der Waals surface area contributed by atoms with E-state index < -0.39 is 22.9 Å². The summed E-state index contributed by atoms with van der Waals surface area (Å²) in [5.74, 6) is -1.56. The zero-order valence-corrected chi connectivity index (χ0v) is 11.3. The summed E-state index contributed by atoms with van der Waals surface area (Å²) in [5.41, 5.74) is 0.631. The van der Waals surface area contributed by atoms with Crippen molar-refractivity contribution < 1.29 is 24.4 Å². The molecule has 0 bridgehead atoms. The molecule has 2 rings (SSSR count). The Balaban J connectivity index is 2.25. The molecular weight excluding hydrogens is 280 g/mol. The fourth-order valence-electron chi connectivity index (χ4n) is 2.11. The van der Waals surface area contributed by atoms with E-state index in [2.05, 4.69) is 0 Å². The minimum Gasteiger partial charge on any atom is -0.479 e. The van der Waals surface area contributed by atoms with Gasteiger partial charge in [0, 0.05) is 24.2 Å². The first-order chi connectivity index (χ1) is 9.90. The molecule has 1 unspecified atom stereocenters. The van der Waals surface area contributed by atoms with Gasteiger partial charge in [0.1, 0.15) is 0 Å². The van der Waals surface area contributed by atoms with Crippen LogP contribution in [0.5, 0.6) is 0 Å². The summed E-state index contributed by atoms with van der Waals surface area (Å²) in [5, 5.41) is 19.7. The zero-order valence-electron chi connectivity index (χ0n) is 11.3. The van der Waals surface area contributed by atoms with Crippen molar-refractivity contribution in [1.29, 1.82) is 0 Å². The topological polar surface area (TPSA) is 110 Å². The van der Waals surface area contributed by atoms with Crippen molar-refractivity contribution in [3.8, 4) is 0 Å². The van der Waals surface area contributed by atoms with E-state index in [1.54, 1.807) is 6.92 Å². The molecule has 21 heavy (non-hydrogen) atoms. The third kappa shape index (κ3) is 3.16. The van der Waals surface area contributed by atoms with Crippen molar-refractivity contribution in [2.45, 2.75) is 13.0 Å². The highest BCUT2D eigenvalue weighted by Crippen LogP contribution is 2.20. The molecule has 1 N–H and O–H groups in total. The van der Waals surface area contributed by atoms with Gasteiger partial charge in [-0.05, 0) is 12.5 Å².